The quantitative estimate of drug-likeness (QED) is 0.882. The Labute approximate surface area is 128 Å². The van der Waals surface area contributed by atoms with E-state index in [0.717, 1.165) is 0 Å². The van der Waals surface area contributed by atoms with E-state index in [2.05, 4.69) is 21.2 Å². The Kier molecular flexibility index (Phi) is 4.37. The zero-order valence-electron chi connectivity index (χ0n) is 11.0. The van der Waals surface area contributed by atoms with Gasteiger partial charge in [-0.3, -0.25) is 4.79 Å². The number of aromatic carboxylic acids is 1. The summed E-state index contributed by atoms with van der Waals surface area (Å²) in [5, 5.41) is 11.5. The van der Waals surface area contributed by atoms with Crippen molar-refractivity contribution < 1.29 is 19.1 Å². The summed E-state index contributed by atoms with van der Waals surface area (Å²) in [6.07, 6.45) is 0. The summed E-state index contributed by atoms with van der Waals surface area (Å²) in [4.78, 5) is 23.3. The number of halogens is 2. The van der Waals surface area contributed by atoms with Crippen molar-refractivity contribution in [3.05, 3.63) is 63.4 Å². The smallest absolute Gasteiger partial charge is 0.337 e. The van der Waals surface area contributed by atoms with Crippen LogP contribution in [-0.4, -0.2) is 17.0 Å². The molecule has 0 aliphatic rings. The molecule has 0 atom stereocenters. The lowest BCUT2D eigenvalue weighted by atomic mass is 10.1. The van der Waals surface area contributed by atoms with E-state index >= 15 is 0 Å². The van der Waals surface area contributed by atoms with Gasteiger partial charge >= 0.3 is 5.97 Å². The first-order valence-corrected chi connectivity index (χ1v) is 6.78. The SMILES string of the molecule is Cc1cccc(C(=O)Nc2ccc(Br)cc2C(=O)O)c1F. The van der Waals surface area contributed by atoms with Gasteiger partial charge < -0.3 is 10.4 Å². The number of rotatable bonds is 3. The minimum atomic E-state index is -1.18. The molecule has 2 aromatic rings. The van der Waals surface area contributed by atoms with Crippen LogP contribution >= 0.6 is 15.9 Å². The third-order valence-corrected chi connectivity index (χ3v) is 3.39. The fourth-order valence-electron chi connectivity index (χ4n) is 1.81. The summed E-state index contributed by atoms with van der Waals surface area (Å²) >= 11 is 3.16. The monoisotopic (exact) mass is 351 g/mol. The summed E-state index contributed by atoms with van der Waals surface area (Å²) in [6.45, 7) is 1.55. The molecular formula is C15H11BrFNO3. The molecule has 0 saturated heterocycles. The van der Waals surface area contributed by atoms with E-state index in [-0.39, 0.29) is 16.8 Å². The van der Waals surface area contributed by atoms with Gasteiger partial charge in [0, 0.05) is 4.47 Å². The number of hydrogen-bond donors (Lipinski definition) is 2. The summed E-state index contributed by atoms with van der Waals surface area (Å²) in [5.41, 5.74) is 0.244. The molecule has 4 nitrogen and oxygen atoms in total. The van der Waals surface area contributed by atoms with Gasteiger partial charge in [-0.2, -0.15) is 0 Å². The standard InChI is InChI=1S/C15H11BrFNO3/c1-8-3-2-4-10(13(8)17)14(19)18-12-6-5-9(16)7-11(12)15(20)21/h2-7H,1H3,(H,18,19)(H,20,21). The molecule has 6 heteroatoms. The molecule has 0 radical (unpaired) electrons. The van der Waals surface area contributed by atoms with Crippen molar-refractivity contribution in [3.63, 3.8) is 0 Å². The Bertz CT molecular complexity index is 731. The highest BCUT2D eigenvalue weighted by molar-refractivity contribution is 9.10. The lowest BCUT2D eigenvalue weighted by Crippen LogP contribution is -2.16. The second kappa shape index (κ2) is 6.05. The molecule has 0 heterocycles. The van der Waals surface area contributed by atoms with E-state index in [1.807, 2.05) is 0 Å². The molecule has 108 valence electrons. The third-order valence-electron chi connectivity index (χ3n) is 2.90. The Morgan fingerprint density at radius 2 is 1.90 bits per heavy atom. The summed E-state index contributed by atoms with van der Waals surface area (Å²) in [5.74, 6) is -2.50. The molecule has 0 spiro atoms. The van der Waals surface area contributed by atoms with Crippen LogP contribution < -0.4 is 5.32 Å². The van der Waals surface area contributed by atoms with Gasteiger partial charge in [-0.25, -0.2) is 9.18 Å². The third kappa shape index (κ3) is 3.28. The lowest BCUT2D eigenvalue weighted by molar-refractivity contribution is 0.0698. The number of benzene rings is 2. The Balaban J connectivity index is 2.36. The van der Waals surface area contributed by atoms with Crippen molar-refractivity contribution in [1.82, 2.24) is 0 Å². The molecule has 0 aromatic heterocycles. The number of nitrogens with one attached hydrogen (secondary N) is 1. The van der Waals surface area contributed by atoms with Crippen molar-refractivity contribution >= 4 is 33.5 Å². The highest BCUT2D eigenvalue weighted by Gasteiger charge is 2.17. The maximum atomic E-state index is 13.9. The first-order chi connectivity index (χ1) is 9.90. The largest absolute Gasteiger partial charge is 0.478 e. The van der Waals surface area contributed by atoms with Gasteiger partial charge in [0.25, 0.3) is 5.91 Å². The summed E-state index contributed by atoms with van der Waals surface area (Å²) in [7, 11) is 0. The molecule has 0 unspecified atom stereocenters. The first-order valence-electron chi connectivity index (χ1n) is 5.99. The predicted molar refractivity (Wildman–Crippen MR) is 80.2 cm³/mol. The fourth-order valence-corrected chi connectivity index (χ4v) is 2.18. The topological polar surface area (TPSA) is 66.4 Å². The maximum absolute atomic E-state index is 13.9. The van der Waals surface area contributed by atoms with Gasteiger partial charge in [0.05, 0.1) is 16.8 Å². The number of carbonyl (C=O) groups is 2. The van der Waals surface area contributed by atoms with Gasteiger partial charge in [-0.1, -0.05) is 28.1 Å². The highest BCUT2D eigenvalue weighted by atomic mass is 79.9. The Morgan fingerprint density at radius 1 is 1.19 bits per heavy atom. The minimum Gasteiger partial charge on any atom is -0.478 e. The predicted octanol–water partition coefficient (Wildman–Crippen LogP) is 3.85. The van der Waals surface area contributed by atoms with Crippen molar-refractivity contribution in [2.24, 2.45) is 0 Å². The van der Waals surface area contributed by atoms with Crippen LogP contribution in [0.1, 0.15) is 26.3 Å². The van der Waals surface area contributed by atoms with Crippen molar-refractivity contribution in [1.29, 1.82) is 0 Å². The fraction of sp³-hybridized carbons (Fsp3) is 0.0667. The molecule has 2 N–H and O–H groups in total. The molecule has 0 fully saturated rings. The van der Waals surface area contributed by atoms with Crippen LogP contribution in [0, 0.1) is 12.7 Å². The molecule has 0 saturated carbocycles. The van der Waals surface area contributed by atoms with E-state index in [9.17, 15) is 14.0 Å². The van der Waals surface area contributed by atoms with Crippen molar-refractivity contribution in [2.45, 2.75) is 6.92 Å². The number of hydrogen-bond acceptors (Lipinski definition) is 2. The first kappa shape index (κ1) is 15.2. The highest BCUT2D eigenvalue weighted by Crippen LogP contribution is 2.22. The Morgan fingerprint density at radius 3 is 2.57 bits per heavy atom. The molecule has 0 bridgehead atoms. The van der Waals surface area contributed by atoms with E-state index in [1.165, 1.54) is 18.2 Å². The van der Waals surface area contributed by atoms with Crippen LogP contribution in [0.3, 0.4) is 0 Å². The summed E-state index contributed by atoms with van der Waals surface area (Å²) in [6, 6.07) is 8.86. The molecular weight excluding hydrogens is 341 g/mol. The van der Waals surface area contributed by atoms with Crippen LogP contribution in [0.4, 0.5) is 10.1 Å². The number of anilines is 1. The van der Waals surface area contributed by atoms with Crippen LogP contribution in [0.2, 0.25) is 0 Å². The number of amides is 1. The van der Waals surface area contributed by atoms with Crippen LogP contribution in [0.15, 0.2) is 40.9 Å². The number of carboxylic acids is 1. The average molecular weight is 352 g/mol. The van der Waals surface area contributed by atoms with Gasteiger partial charge in [0.1, 0.15) is 5.82 Å². The van der Waals surface area contributed by atoms with Gasteiger partial charge in [0.15, 0.2) is 0 Å². The molecule has 2 aromatic carbocycles. The summed E-state index contributed by atoms with van der Waals surface area (Å²) < 4.78 is 14.5. The van der Waals surface area contributed by atoms with Crippen LogP contribution in [0.5, 0.6) is 0 Å². The zero-order chi connectivity index (χ0) is 15.6. The molecule has 21 heavy (non-hydrogen) atoms. The van der Waals surface area contributed by atoms with Crippen LogP contribution in [-0.2, 0) is 0 Å². The van der Waals surface area contributed by atoms with Gasteiger partial charge in [-0.05, 0) is 36.8 Å². The molecule has 0 aliphatic heterocycles. The second-order valence-corrected chi connectivity index (χ2v) is 5.30. The van der Waals surface area contributed by atoms with Gasteiger partial charge in [0.2, 0.25) is 0 Å². The van der Waals surface area contributed by atoms with E-state index in [4.69, 9.17) is 5.11 Å². The molecule has 0 aliphatic carbocycles. The normalized spacial score (nSPS) is 10.2. The average Bonchev–Trinajstić information content (AvgIpc) is 2.43. The maximum Gasteiger partial charge on any atom is 0.337 e. The lowest BCUT2D eigenvalue weighted by Gasteiger charge is -2.10. The molecule has 2 rings (SSSR count). The second-order valence-electron chi connectivity index (χ2n) is 4.39. The number of carboxylic acid groups (broad SMARTS) is 1. The van der Waals surface area contributed by atoms with E-state index in [1.54, 1.807) is 25.1 Å². The van der Waals surface area contributed by atoms with E-state index < -0.39 is 17.7 Å². The number of aryl methyl sites for hydroxylation is 1. The van der Waals surface area contributed by atoms with Crippen LogP contribution in [0.25, 0.3) is 0 Å². The minimum absolute atomic E-state index is 0.0780. The zero-order valence-corrected chi connectivity index (χ0v) is 12.6. The van der Waals surface area contributed by atoms with Crippen molar-refractivity contribution in [2.75, 3.05) is 5.32 Å². The molecule has 1 amide bonds. The van der Waals surface area contributed by atoms with Gasteiger partial charge in [-0.15, -0.1) is 0 Å². The number of carbonyl (C=O) groups excluding carboxylic acids is 1. The van der Waals surface area contributed by atoms with Crippen molar-refractivity contribution in [3.8, 4) is 0 Å². The van der Waals surface area contributed by atoms with E-state index in [0.29, 0.717) is 10.0 Å². The Hall–Kier alpha value is -2.21.